The maximum absolute atomic E-state index is 4.24. The summed E-state index contributed by atoms with van der Waals surface area (Å²) in [6, 6.07) is 10.6. The molecule has 0 saturated carbocycles. The third kappa shape index (κ3) is 3.25. The van der Waals surface area contributed by atoms with E-state index in [2.05, 4.69) is 54.8 Å². The molecule has 1 nitrogen and oxygen atoms in total. The van der Waals surface area contributed by atoms with E-state index in [1.54, 1.807) is 0 Å². The number of likely N-dealkylation sites (tertiary alicyclic amines) is 1. The predicted molar refractivity (Wildman–Crippen MR) is 79.3 cm³/mol. The SMILES string of the molecule is C=C(/C=C(\CC)c1ccccc1)N1CCCCC1. The lowest BCUT2D eigenvalue weighted by Gasteiger charge is -2.29. The van der Waals surface area contributed by atoms with Crippen molar-refractivity contribution >= 4 is 5.57 Å². The Balaban J connectivity index is 2.11. The highest BCUT2D eigenvalue weighted by Crippen LogP contribution is 2.22. The van der Waals surface area contributed by atoms with Gasteiger partial charge in [-0.1, -0.05) is 43.8 Å². The van der Waals surface area contributed by atoms with E-state index in [4.69, 9.17) is 0 Å². The van der Waals surface area contributed by atoms with Crippen molar-refractivity contribution in [1.29, 1.82) is 0 Å². The van der Waals surface area contributed by atoms with Crippen molar-refractivity contribution in [3.05, 3.63) is 54.2 Å². The number of rotatable bonds is 4. The minimum atomic E-state index is 1.05. The van der Waals surface area contributed by atoms with E-state index in [0.29, 0.717) is 0 Å². The molecular formula is C17H23N. The molecular weight excluding hydrogens is 218 g/mol. The Morgan fingerprint density at radius 3 is 2.44 bits per heavy atom. The molecule has 0 amide bonds. The van der Waals surface area contributed by atoms with Crippen LogP contribution < -0.4 is 0 Å². The van der Waals surface area contributed by atoms with Gasteiger partial charge < -0.3 is 4.90 Å². The van der Waals surface area contributed by atoms with Crippen molar-refractivity contribution in [2.75, 3.05) is 13.1 Å². The molecule has 96 valence electrons. The standard InChI is InChI=1S/C17H23N/c1-3-16(17-10-6-4-7-11-17)14-15(2)18-12-8-5-9-13-18/h4,6-7,10-11,14H,2-3,5,8-9,12-13H2,1H3/b16-14+. The number of hydrogen-bond acceptors (Lipinski definition) is 1. The summed E-state index contributed by atoms with van der Waals surface area (Å²) < 4.78 is 0. The third-order valence-corrected chi connectivity index (χ3v) is 3.63. The summed E-state index contributed by atoms with van der Waals surface area (Å²) in [4.78, 5) is 2.42. The molecule has 0 aromatic heterocycles. The second kappa shape index (κ2) is 6.44. The van der Waals surface area contributed by atoms with Crippen LogP contribution in [0.25, 0.3) is 5.57 Å². The summed E-state index contributed by atoms with van der Waals surface area (Å²) in [5.41, 5.74) is 3.87. The van der Waals surface area contributed by atoms with Gasteiger partial charge in [0.25, 0.3) is 0 Å². The topological polar surface area (TPSA) is 3.24 Å². The largest absolute Gasteiger partial charge is 0.372 e. The van der Waals surface area contributed by atoms with Crippen LogP contribution in [0.5, 0.6) is 0 Å². The first-order valence-electron chi connectivity index (χ1n) is 7.01. The zero-order valence-electron chi connectivity index (χ0n) is 11.4. The van der Waals surface area contributed by atoms with Gasteiger partial charge in [0.15, 0.2) is 0 Å². The molecule has 0 bridgehead atoms. The van der Waals surface area contributed by atoms with Gasteiger partial charge in [-0.2, -0.15) is 0 Å². The highest BCUT2D eigenvalue weighted by molar-refractivity contribution is 5.67. The molecule has 1 aliphatic rings. The average molecular weight is 241 g/mol. The van der Waals surface area contributed by atoms with Crippen molar-refractivity contribution in [3.8, 4) is 0 Å². The summed E-state index contributed by atoms with van der Waals surface area (Å²) in [6.07, 6.45) is 7.30. The first kappa shape index (κ1) is 12.9. The quantitative estimate of drug-likeness (QED) is 0.702. The fourth-order valence-corrected chi connectivity index (χ4v) is 2.52. The van der Waals surface area contributed by atoms with Gasteiger partial charge in [0.1, 0.15) is 0 Å². The monoisotopic (exact) mass is 241 g/mol. The molecule has 0 N–H and O–H groups in total. The second-order valence-electron chi connectivity index (χ2n) is 4.93. The van der Waals surface area contributed by atoms with E-state index >= 15 is 0 Å². The molecule has 2 rings (SSSR count). The fourth-order valence-electron chi connectivity index (χ4n) is 2.52. The van der Waals surface area contributed by atoms with Gasteiger partial charge in [-0.05, 0) is 42.9 Å². The maximum atomic E-state index is 4.24. The smallest absolute Gasteiger partial charge is 0.0296 e. The Morgan fingerprint density at radius 1 is 1.17 bits per heavy atom. The molecule has 0 aliphatic carbocycles. The van der Waals surface area contributed by atoms with Crippen LogP contribution in [0.2, 0.25) is 0 Å². The number of allylic oxidation sites excluding steroid dienone is 2. The van der Waals surface area contributed by atoms with E-state index in [1.165, 1.54) is 49.2 Å². The lowest BCUT2D eigenvalue weighted by molar-refractivity contribution is 0.294. The lowest BCUT2D eigenvalue weighted by atomic mass is 10.0. The zero-order chi connectivity index (χ0) is 12.8. The van der Waals surface area contributed by atoms with Gasteiger partial charge in [-0.3, -0.25) is 0 Å². The van der Waals surface area contributed by atoms with E-state index in [9.17, 15) is 0 Å². The van der Waals surface area contributed by atoms with Crippen LogP contribution >= 0.6 is 0 Å². The molecule has 1 heteroatoms. The number of benzene rings is 1. The Morgan fingerprint density at radius 2 is 1.83 bits per heavy atom. The van der Waals surface area contributed by atoms with Gasteiger partial charge in [0, 0.05) is 18.8 Å². The van der Waals surface area contributed by atoms with E-state index < -0.39 is 0 Å². The molecule has 0 unspecified atom stereocenters. The highest BCUT2D eigenvalue weighted by Gasteiger charge is 2.10. The Hall–Kier alpha value is -1.50. The average Bonchev–Trinajstić information content (AvgIpc) is 2.46. The maximum Gasteiger partial charge on any atom is 0.0296 e. The molecule has 1 heterocycles. The first-order valence-corrected chi connectivity index (χ1v) is 7.01. The molecule has 0 atom stereocenters. The second-order valence-corrected chi connectivity index (χ2v) is 4.93. The van der Waals surface area contributed by atoms with Crippen LogP contribution in [0.15, 0.2) is 48.7 Å². The van der Waals surface area contributed by atoms with Crippen molar-refractivity contribution in [2.24, 2.45) is 0 Å². The van der Waals surface area contributed by atoms with Gasteiger partial charge in [-0.25, -0.2) is 0 Å². The molecule has 1 aromatic carbocycles. The molecule has 0 spiro atoms. The Kier molecular flexibility index (Phi) is 4.63. The molecule has 0 radical (unpaired) electrons. The number of piperidine rings is 1. The Labute approximate surface area is 111 Å². The minimum Gasteiger partial charge on any atom is -0.372 e. The molecule has 1 fully saturated rings. The zero-order valence-corrected chi connectivity index (χ0v) is 11.4. The molecule has 1 saturated heterocycles. The summed E-state index contributed by atoms with van der Waals surface area (Å²) in [6.45, 7) is 8.79. The van der Waals surface area contributed by atoms with Crippen molar-refractivity contribution in [2.45, 2.75) is 32.6 Å². The molecule has 18 heavy (non-hydrogen) atoms. The normalized spacial score (nSPS) is 16.7. The molecule has 1 aliphatic heterocycles. The first-order chi connectivity index (χ1) is 8.81. The van der Waals surface area contributed by atoms with Crippen LogP contribution in [-0.2, 0) is 0 Å². The van der Waals surface area contributed by atoms with E-state index in [-0.39, 0.29) is 0 Å². The van der Waals surface area contributed by atoms with Gasteiger partial charge >= 0.3 is 0 Å². The summed E-state index contributed by atoms with van der Waals surface area (Å²) in [5.74, 6) is 0. The number of hydrogen-bond donors (Lipinski definition) is 0. The van der Waals surface area contributed by atoms with Crippen molar-refractivity contribution in [1.82, 2.24) is 4.90 Å². The van der Waals surface area contributed by atoms with E-state index in [0.717, 1.165) is 6.42 Å². The van der Waals surface area contributed by atoms with Crippen LogP contribution in [0.1, 0.15) is 38.2 Å². The Bertz CT molecular complexity index is 410. The lowest BCUT2D eigenvalue weighted by Crippen LogP contribution is -2.27. The fraction of sp³-hybridized carbons (Fsp3) is 0.412. The van der Waals surface area contributed by atoms with Crippen LogP contribution in [0, 0.1) is 0 Å². The minimum absolute atomic E-state index is 1.05. The van der Waals surface area contributed by atoms with Crippen LogP contribution in [-0.4, -0.2) is 18.0 Å². The molecule has 1 aromatic rings. The summed E-state index contributed by atoms with van der Waals surface area (Å²) >= 11 is 0. The number of nitrogens with zero attached hydrogens (tertiary/aromatic N) is 1. The predicted octanol–water partition coefficient (Wildman–Crippen LogP) is 4.48. The summed E-state index contributed by atoms with van der Waals surface area (Å²) in [7, 11) is 0. The van der Waals surface area contributed by atoms with Crippen LogP contribution in [0.3, 0.4) is 0 Å². The van der Waals surface area contributed by atoms with Gasteiger partial charge in [0.05, 0.1) is 0 Å². The van der Waals surface area contributed by atoms with Crippen molar-refractivity contribution < 1.29 is 0 Å². The van der Waals surface area contributed by atoms with Gasteiger partial charge in [-0.15, -0.1) is 0 Å². The van der Waals surface area contributed by atoms with Crippen LogP contribution in [0.4, 0.5) is 0 Å². The third-order valence-electron chi connectivity index (χ3n) is 3.63. The summed E-state index contributed by atoms with van der Waals surface area (Å²) in [5, 5.41) is 0. The van der Waals surface area contributed by atoms with E-state index in [1.807, 2.05) is 0 Å². The van der Waals surface area contributed by atoms with Gasteiger partial charge in [0.2, 0.25) is 0 Å². The van der Waals surface area contributed by atoms with Crippen molar-refractivity contribution in [3.63, 3.8) is 0 Å². The highest BCUT2D eigenvalue weighted by atomic mass is 15.1.